The summed E-state index contributed by atoms with van der Waals surface area (Å²) < 4.78 is 26.7. The van der Waals surface area contributed by atoms with Gasteiger partial charge < -0.3 is 10.6 Å². The number of rotatable bonds is 9. The van der Waals surface area contributed by atoms with Crippen LogP contribution in [0, 0.1) is 0 Å². The second-order valence-corrected chi connectivity index (χ2v) is 8.02. The fraction of sp³-hybridized carbons (Fsp3) is 0.529. The Labute approximate surface area is 148 Å². The predicted molar refractivity (Wildman–Crippen MR) is 94.6 cm³/mol. The fourth-order valence-electron chi connectivity index (χ4n) is 2.11. The number of sulfonamides is 1. The molecule has 8 heteroatoms. The zero-order chi connectivity index (χ0) is 18.4. The van der Waals surface area contributed by atoms with E-state index < -0.39 is 10.0 Å². The first kappa shape index (κ1) is 19.4. The number of amides is 2. The van der Waals surface area contributed by atoms with Crippen LogP contribution in [0.5, 0.6) is 0 Å². The maximum Gasteiger partial charge on any atom is 0.251 e. The van der Waals surface area contributed by atoms with Crippen molar-refractivity contribution in [1.82, 2.24) is 15.4 Å². The van der Waals surface area contributed by atoms with Gasteiger partial charge in [0.2, 0.25) is 15.9 Å². The monoisotopic (exact) mass is 367 g/mol. The van der Waals surface area contributed by atoms with E-state index >= 15 is 0 Å². The van der Waals surface area contributed by atoms with Gasteiger partial charge in [-0.15, -0.1) is 0 Å². The van der Waals surface area contributed by atoms with E-state index in [-0.39, 0.29) is 41.8 Å². The molecule has 1 aliphatic carbocycles. The van der Waals surface area contributed by atoms with Gasteiger partial charge in [0.1, 0.15) is 0 Å². The zero-order valence-electron chi connectivity index (χ0n) is 14.5. The average molecular weight is 367 g/mol. The summed E-state index contributed by atoms with van der Waals surface area (Å²) in [7, 11) is -3.52. The lowest BCUT2D eigenvalue weighted by Gasteiger charge is -2.11. The van der Waals surface area contributed by atoms with Crippen molar-refractivity contribution in [2.75, 3.05) is 6.54 Å². The van der Waals surface area contributed by atoms with Gasteiger partial charge in [-0.3, -0.25) is 9.59 Å². The quantitative estimate of drug-likeness (QED) is 0.609. The molecule has 1 saturated carbocycles. The lowest BCUT2D eigenvalue weighted by Crippen LogP contribution is -2.35. The molecule has 0 heterocycles. The highest BCUT2D eigenvalue weighted by Crippen LogP contribution is 2.22. The highest BCUT2D eigenvalue weighted by atomic mass is 32.2. The van der Waals surface area contributed by atoms with E-state index in [0.717, 1.165) is 19.3 Å². The highest BCUT2D eigenvalue weighted by Gasteiger charge is 2.27. The molecule has 2 rings (SSSR count). The lowest BCUT2D eigenvalue weighted by molar-refractivity contribution is -0.121. The summed E-state index contributed by atoms with van der Waals surface area (Å²) in [4.78, 5) is 23.8. The molecule has 1 aromatic carbocycles. The molecule has 0 spiro atoms. The van der Waals surface area contributed by atoms with Crippen molar-refractivity contribution < 1.29 is 18.0 Å². The molecule has 25 heavy (non-hydrogen) atoms. The first-order chi connectivity index (χ1) is 11.8. The molecule has 1 atom stereocenters. The normalized spacial score (nSPS) is 15.4. The second-order valence-electron chi connectivity index (χ2n) is 6.30. The van der Waals surface area contributed by atoms with Gasteiger partial charge in [-0.1, -0.05) is 6.92 Å². The Morgan fingerprint density at radius 2 is 1.84 bits per heavy atom. The standard InChI is InChI=1S/C17H25N3O4S/c1-3-12(2)19-16(21)10-11-18-17(22)13-4-8-15(9-5-13)25(23,24)20-14-6-7-14/h4-5,8-9,12,14,20H,3,6-7,10-11H2,1-2H3,(H,18,22)(H,19,21)/t12-/m0/s1. The number of hydrogen-bond acceptors (Lipinski definition) is 4. The van der Waals surface area contributed by atoms with E-state index in [2.05, 4.69) is 15.4 Å². The van der Waals surface area contributed by atoms with Crippen molar-refractivity contribution in [3.8, 4) is 0 Å². The van der Waals surface area contributed by atoms with Crippen LogP contribution in [0.2, 0.25) is 0 Å². The van der Waals surface area contributed by atoms with E-state index in [0.29, 0.717) is 5.56 Å². The number of nitrogens with one attached hydrogen (secondary N) is 3. The SMILES string of the molecule is CC[C@H](C)NC(=O)CCNC(=O)c1ccc(S(=O)(=O)NC2CC2)cc1. The van der Waals surface area contributed by atoms with Crippen molar-refractivity contribution >= 4 is 21.8 Å². The number of carbonyl (C=O) groups excluding carboxylic acids is 2. The van der Waals surface area contributed by atoms with Crippen molar-refractivity contribution in [2.45, 2.75) is 56.5 Å². The van der Waals surface area contributed by atoms with Crippen molar-refractivity contribution in [3.63, 3.8) is 0 Å². The number of hydrogen-bond donors (Lipinski definition) is 3. The van der Waals surface area contributed by atoms with E-state index in [1.807, 2.05) is 13.8 Å². The second kappa shape index (κ2) is 8.44. The van der Waals surface area contributed by atoms with Crippen molar-refractivity contribution in [1.29, 1.82) is 0 Å². The molecule has 1 aliphatic rings. The Hall–Kier alpha value is -1.93. The van der Waals surface area contributed by atoms with E-state index in [1.54, 1.807) is 0 Å². The zero-order valence-corrected chi connectivity index (χ0v) is 15.4. The summed E-state index contributed by atoms with van der Waals surface area (Å²) in [5.41, 5.74) is 0.354. The van der Waals surface area contributed by atoms with Gasteiger partial charge in [-0.05, 0) is 50.5 Å². The van der Waals surface area contributed by atoms with Gasteiger partial charge in [-0.25, -0.2) is 13.1 Å². The molecule has 1 aromatic rings. The minimum absolute atomic E-state index is 0.0366. The highest BCUT2D eigenvalue weighted by molar-refractivity contribution is 7.89. The summed E-state index contributed by atoms with van der Waals surface area (Å²) in [6, 6.07) is 5.91. The summed E-state index contributed by atoms with van der Waals surface area (Å²) in [5, 5.41) is 5.48. The van der Waals surface area contributed by atoms with Gasteiger partial charge in [0.25, 0.3) is 5.91 Å². The molecule has 2 amide bonds. The molecule has 0 aliphatic heterocycles. The Morgan fingerprint density at radius 3 is 2.40 bits per heavy atom. The number of carbonyl (C=O) groups is 2. The number of benzene rings is 1. The van der Waals surface area contributed by atoms with Crippen molar-refractivity contribution in [2.24, 2.45) is 0 Å². The molecular weight excluding hydrogens is 342 g/mol. The summed E-state index contributed by atoms with van der Waals surface area (Å²) in [6.07, 6.45) is 2.78. The Balaban J connectivity index is 1.83. The lowest BCUT2D eigenvalue weighted by atomic mass is 10.2. The molecular formula is C17H25N3O4S. The van der Waals surface area contributed by atoms with Crippen LogP contribution in [0.3, 0.4) is 0 Å². The Morgan fingerprint density at radius 1 is 1.20 bits per heavy atom. The van der Waals surface area contributed by atoms with Gasteiger partial charge in [-0.2, -0.15) is 0 Å². The molecule has 0 saturated heterocycles. The largest absolute Gasteiger partial charge is 0.354 e. The van der Waals surface area contributed by atoms with Crippen LogP contribution in [-0.2, 0) is 14.8 Å². The van der Waals surface area contributed by atoms with Crippen molar-refractivity contribution in [3.05, 3.63) is 29.8 Å². The third-order valence-corrected chi connectivity index (χ3v) is 5.52. The summed E-state index contributed by atoms with van der Waals surface area (Å²) in [6.45, 7) is 4.13. The molecule has 0 unspecified atom stereocenters. The molecule has 138 valence electrons. The molecule has 0 bridgehead atoms. The average Bonchev–Trinajstić information content (AvgIpc) is 3.38. The van der Waals surface area contributed by atoms with Crippen LogP contribution in [-0.4, -0.2) is 38.9 Å². The van der Waals surface area contributed by atoms with Crippen LogP contribution in [0.1, 0.15) is 49.9 Å². The van der Waals surface area contributed by atoms with Gasteiger partial charge in [0.15, 0.2) is 0 Å². The van der Waals surface area contributed by atoms with E-state index in [1.165, 1.54) is 24.3 Å². The Kier molecular flexibility index (Phi) is 6.55. The first-order valence-corrected chi connectivity index (χ1v) is 10.00. The minimum atomic E-state index is -3.52. The van der Waals surface area contributed by atoms with Gasteiger partial charge in [0, 0.05) is 30.6 Å². The summed E-state index contributed by atoms with van der Waals surface area (Å²) >= 11 is 0. The first-order valence-electron chi connectivity index (χ1n) is 8.51. The third-order valence-electron chi connectivity index (χ3n) is 3.98. The van der Waals surface area contributed by atoms with E-state index in [4.69, 9.17) is 0 Å². The fourth-order valence-corrected chi connectivity index (χ4v) is 3.42. The maximum atomic E-state index is 12.1. The molecule has 3 N–H and O–H groups in total. The van der Waals surface area contributed by atoms with Crippen LogP contribution in [0.15, 0.2) is 29.2 Å². The molecule has 1 fully saturated rings. The van der Waals surface area contributed by atoms with Crippen LogP contribution < -0.4 is 15.4 Å². The molecule has 7 nitrogen and oxygen atoms in total. The smallest absolute Gasteiger partial charge is 0.251 e. The van der Waals surface area contributed by atoms with Gasteiger partial charge in [0.05, 0.1) is 4.90 Å². The van der Waals surface area contributed by atoms with Crippen LogP contribution in [0.4, 0.5) is 0 Å². The van der Waals surface area contributed by atoms with Gasteiger partial charge >= 0.3 is 0 Å². The Bertz CT molecular complexity index is 712. The predicted octanol–water partition coefficient (Wildman–Crippen LogP) is 1.16. The molecule has 0 aromatic heterocycles. The maximum absolute atomic E-state index is 12.1. The minimum Gasteiger partial charge on any atom is -0.354 e. The third kappa shape index (κ3) is 6.13. The van der Waals surface area contributed by atoms with Crippen LogP contribution >= 0.6 is 0 Å². The molecule has 0 radical (unpaired) electrons. The summed E-state index contributed by atoms with van der Waals surface area (Å²) in [5.74, 6) is -0.447. The van der Waals surface area contributed by atoms with E-state index in [9.17, 15) is 18.0 Å². The topological polar surface area (TPSA) is 104 Å². The van der Waals surface area contributed by atoms with Crippen LogP contribution in [0.25, 0.3) is 0 Å².